The maximum absolute atomic E-state index is 13.1. The molecule has 0 aromatic rings. The van der Waals surface area contributed by atoms with Crippen LogP contribution < -0.4 is 0 Å². The lowest BCUT2D eigenvalue weighted by atomic mass is 9.53. The van der Waals surface area contributed by atoms with Crippen molar-refractivity contribution in [1.29, 1.82) is 0 Å². The van der Waals surface area contributed by atoms with Crippen molar-refractivity contribution in [2.45, 2.75) is 45.5 Å². The van der Waals surface area contributed by atoms with E-state index >= 15 is 0 Å². The van der Waals surface area contributed by atoms with Crippen molar-refractivity contribution in [3.05, 3.63) is 23.5 Å². The molecule has 0 aromatic heterocycles. The van der Waals surface area contributed by atoms with E-state index in [9.17, 15) is 19.5 Å². The number of aliphatic hydroxyl groups is 1. The number of methoxy groups -OCH3 is 1. The summed E-state index contributed by atoms with van der Waals surface area (Å²) in [6, 6.07) is 0. The lowest BCUT2D eigenvalue weighted by Gasteiger charge is -2.51. The summed E-state index contributed by atoms with van der Waals surface area (Å²) >= 11 is 0. The van der Waals surface area contributed by atoms with E-state index in [1.54, 1.807) is 27.7 Å². The Morgan fingerprint density at radius 1 is 1.25 bits per heavy atom. The van der Waals surface area contributed by atoms with Crippen LogP contribution in [0.2, 0.25) is 0 Å². The van der Waals surface area contributed by atoms with Crippen molar-refractivity contribution in [3.8, 4) is 0 Å². The molecule has 0 unspecified atom stereocenters. The summed E-state index contributed by atoms with van der Waals surface area (Å²) in [5, 5.41) is 10.7. The molecule has 0 bridgehead atoms. The van der Waals surface area contributed by atoms with Crippen molar-refractivity contribution < 1.29 is 38.4 Å². The quantitative estimate of drug-likeness (QED) is 0.558. The minimum absolute atomic E-state index is 0.0597. The first-order chi connectivity index (χ1) is 13.0. The average molecular weight is 394 g/mol. The average Bonchev–Trinajstić information content (AvgIpc) is 3.05. The highest BCUT2D eigenvalue weighted by molar-refractivity contribution is 6.13. The SMILES string of the molecule is COC(=O)[C@]12C(=O)C=CC3(OCCO3)[C@H]1C(C(=O)OC(C)(C)C)=C(O)C[C@@H]2C. The minimum atomic E-state index is -1.77. The number of carbonyl (C=O) groups excluding carboxylic acids is 3. The number of hydrogen-bond acceptors (Lipinski definition) is 8. The second-order valence-electron chi connectivity index (χ2n) is 8.38. The first kappa shape index (κ1) is 20.5. The zero-order valence-corrected chi connectivity index (χ0v) is 16.7. The number of fused-ring (bicyclic) bond motifs is 2. The Bertz CT molecular complexity index is 766. The predicted molar refractivity (Wildman–Crippen MR) is 96.0 cm³/mol. The maximum Gasteiger partial charge on any atom is 0.338 e. The summed E-state index contributed by atoms with van der Waals surface area (Å²) in [7, 11) is 1.18. The molecule has 3 atom stereocenters. The van der Waals surface area contributed by atoms with Gasteiger partial charge in [-0.2, -0.15) is 0 Å². The summed E-state index contributed by atoms with van der Waals surface area (Å²) in [6.45, 7) is 7.14. The smallest absolute Gasteiger partial charge is 0.338 e. The first-order valence-electron chi connectivity index (χ1n) is 9.25. The molecule has 1 N–H and O–H groups in total. The molecule has 1 fully saturated rings. The fourth-order valence-corrected chi connectivity index (χ4v) is 4.43. The van der Waals surface area contributed by atoms with Crippen molar-refractivity contribution >= 4 is 17.7 Å². The van der Waals surface area contributed by atoms with Gasteiger partial charge in [0.25, 0.3) is 0 Å². The largest absolute Gasteiger partial charge is 0.512 e. The Kier molecular flexibility index (Phi) is 4.92. The molecular formula is C20H26O8. The normalized spacial score (nSPS) is 31.7. The van der Waals surface area contributed by atoms with Crippen molar-refractivity contribution in [2.24, 2.45) is 17.3 Å². The summed E-state index contributed by atoms with van der Waals surface area (Å²) < 4.78 is 22.1. The third kappa shape index (κ3) is 2.86. The van der Waals surface area contributed by atoms with E-state index in [0.717, 1.165) is 0 Å². The maximum atomic E-state index is 13.1. The molecule has 8 nitrogen and oxygen atoms in total. The highest BCUT2D eigenvalue weighted by Gasteiger charge is 2.70. The summed E-state index contributed by atoms with van der Waals surface area (Å²) in [5.74, 6) is -5.81. The summed E-state index contributed by atoms with van der Waals surface area (Å²) in [4.78, 5) is 39.2. The minimum Gasteiger partial charge on any atom is -0.512 e. The molecule has 2 aliphatic carbocycles. The Morgan fingerprint density at radius 3 is 2.39 bits per heavy atom. The Labute approximate surface area is 163 Å². The fraction of sp³-hybridized carbons (Fsp3) is 0.650. The molecule has 3 rings (SSSR count). The van der Waals surface area contributed by atoms with Crippen LogP contribution in [0.25, 0.3) is 0 Å². The number of rotatable bonds is 2. The molecule has 0 radical (unpaired) electrons. The predicted octanol–water partition coefficient (Wildman–Crippen LogP) is 1.84. The van der Waals surface area contributed by atoms with Crippen LogP contribution >= 0.6 is 0 Å². The van der Waals surface area contributed by atoms with Gasteiger partial charge in [0.1, 0.15) is 16.8 Å². The summed E-state index contributed by atoms with van der Waals surface area (Å²) in [5.41, 5.74) is -2.80. The Hall–Kier alpha value is -2.19. The number of allylic oxidation sites excluding steroid dienone is 2. The van der Waals surface area contributed by atoms with Crippen LogP contribution in [0.15, 0.2) is 23.5 Å². The van der Waals surface area contributed by atoms with Gasteiger partial charge in [-0.1, -0.05) is 6.92 Å². The van der Waals surface area contributed by atoms with Gasteiger partial charge in [0.05, 0.1) is 31.8 Å². The number of ether oxygens (including phenoxy) is 4. The van der Waals surface area contributed by atoms with E-state index in [0.29, 0.717) is 0 Å². The monoisotopic (exact) mass is 394 g/mol. The number of carbonyl (C=O) groups is 3. The molecule has 1 heterocycles. The number of esters is 2. The van der Waals surface area contributed by atoms with Gasteiger partial charge in [0.15, 0.2) is 11.6 Å². The lowest BCUT2D eigenvalue weighted by molar-refractivity contribution is -0.210. The zero-order valence-electron chi connectivity index (χ0n) is 16.7. The highest BCUT2D eigenvalue weighted by atomic mass is 16.7. The second kappa shape index (κ2) is 6.70. The summed E-state index contributed by atoms with van der Waals surface area (Å²) in [6.07, 6.45) is 2.59. The van der Waals surface area contributed by atoms with Crippen molar-refractivity contribution in [3.63, 3.8) is 0 Å². The van der Waals surface area contributed by atoms with Crippen LogP contribution in [0.5, 0.6) is 0 Å². The molecule has 0 amide bonds. The topological polar surface area (TPSA) is 108 Å². The van der Waals surface area contributed by atoms with Gasteiger partial charge in [0, 0.05) is 6.42 Å². The number of hydrogen-bond donors (Lipinski definition) is 1. The van der Waals surface area contributed by atoms with Crippen LogP contribution in [-0.4, -0.2) is 54.5 Å². The van der Waals surface area contributed by atoms with E-state index in [4.69, 9.17) is 18.9 Å². The number of aliphatic hydroxyl groups excluding tert-OH is 1. The third-order valence-corrected chi connectivity index (χ3v) is 5.49. The molecule has 28 heavy (non-hydrogen) atoms. The first-order valence-corrected chi connectivity index (χ1v) is 9.25. The van der Waals surface area contributed by atoms with Crippen LogP contribution in [0, 0.1) is 17.3 Å². The zero-order chi connectivity index (χ0) is 20.9. The van der Waals surface area contributed by atoms with Gasteiger partial charge in [-0.05, 0) is 38.8 Å². The van der Waals surface area contributed by atoms with Gasteiger partial charge >= 0.3 is 11.9 Å². The van der Waals surface area contributed by atoms with Crippen molar-refractivity contribution in [2.75, 3.05) is 20.3 Å². The van der Waals surface area contributed by atoms with Gasteiger partial charge in [-0.3, -0.25) is 9.59 Å². The Morgan fingerprint density at radius 2 is 1.86 bits per heavy atom. The highest BCUT2D eigenvalue weighted by Crippen LogP contribution is 2.58. The lowest BCUT2D eigenvalue weighted by Crippen LogP contribution is -2.63. The molecule has 8 heteroatoms. The molecule has 154 valence electrons. The van der Waals surface area contributed by atoms with Gasteiger partial charge in [-0.15, -0.1) is 0 Å². The van der Waals surface area contributed by atoms with E-state index in [1.165, 1.54) is 19.3 Å². The van der Waals surface area contributed by atoms with E-state index < -0.39 is 46.4 Å². The molecular weight excluding hydrogens is 368 g/mol. The molecule has 0 aromatic carbocycles. The molecule has 3 aliphatic rings. The second-order valence-corrected chi connectivity index (χ2v) is 8.38. The third-order valence-electron chi connectivity index (χ3n) is 5.49. The Balaban J connectivity index is 2.27. The molecule has 1 spiro atoms. The van der Waals surface area contributed by atoms with Gasteiger partial charge in [0.2, 0.25) is 0 Å². The van der Waals surface area contributed by atoms with Gasteiger partial charge in [-0.25, -0.2) is 4.79 Å². The van der Waals surface area contributed by atoms with E-state index in [1.807, 2.05) is 0 Å². The molecule has 1 saturated heterocycles. The van der Waals surface area contributed by atoms with Crippen LogP contribution in [0.4, 0.5) is 0 Å². The van der Waals surface area contributed by atoms with Crippen LogP contribution in [-0.2, 0) is 33.3 Å². The molecule has 1 aliphatic heterocycles. The van der Waals surface area contributed by atoms with Gasteiger partial charge < -0.3 is 24.1 Å². The van der Waals surface area contributed by atoms with Crippen LogP contribution in [0.3, 0.4) is 0 Å². The van der Waals surface area contributed by atoms with Crippen molar-refractivity contribution in [1.82, 2.24) is 0 Å². The standard InChI is InChI=1S/C20H26O8/c1-11-10-12(21)14(16(23)28-18(2,3)4)15-19(26-8-9-27-19)7-6-13(22)20(11,15)17(24)25-5/h6-7,11,15,21H,8-10H2,1-5H3/t11-,15+,20+/m0/s1. The number of ketones is 1. The fourth-order valence-electron chi connectivity index (χ4n) is 4.43. The molecule has 0 saturated carbocycles. The van der Waals surface area contributed by atoms with Crippen LogP contribution in [0.1, 0.15) is 34.1 Å². The van der Waals surface area contributed by atoms with E-state index in [-0.39, 0.29) is 31.0 Å². The van der Waals surface area contributed by atoms with E-state index in [2.05, 4.69) is 0 Å².